The van der Waals surface area contributed by atoms with Gasteiger partial charge in [-0.2, -0.15) is 0 Å². The molecule has 1 amide bonds. The van der Waals surface area contributed by atoms with Crippen molar-refractivity contribution in [1.82, 2.24) is 4.98 Å². The molecule has 1 aromatic carbocycles. The van der Waals surface area contributed by atoms with Crippen LogP contribution in [0.2, 0.25) is 0 Å². The number of amides is 1. The zero-order valence-electron chi connectivity index (χ0n) is 12.6. The second-order valence-electron chi connectivity index (χ2n) is 4.98. The molecule has 1 atom stereocenters. The molecule has 1 N–H and O–H groups in total. The molecule has 0 fully saturated rings. The van der Waals surface area contributed by atoms with E-state index in [1.807, 2.05) is 36.6 Å². The average molecular weight is 304 g/mol. The highest BCUT2D eigenvalue weighted by atomic mass is 32.1. The summed E-state index contributed by atoms with van der Waals surface area (Å²) in [5.74, 6) is 0.992. The molecule has 0 saturated heterocycles. The third-order valence-corrected chi connectivity index (χ3v) is 4.16. The lowest BCUT2D eigenvalue weighted by molar-refractivity contribution is -0.118. The maximum Gasteiger partial charge on any atom is 0.264 e. The first-order valence-electron chi connectivity index (χ1n) is 7.03. The summed E-state index contributed by atoms with van der Waals surface area (Å²) in [4.78, 5) is 16.1. The van der Waals surface area contributed by atoms with Crippen LogP contribution < -0.4 is 10.1 Å². The van der Waals surface area contributed by atoms with Gasteiger partial charge in [0.05, 0.1) is 5.69 Å². The quantitative estimate of drug-likeness (QED) is 0.878. The number of aromatic nitrogens is 1. The van der Waals surface area contributed by atoms with Crippen molar-refractivity contribution in [3.8, 4) is 5.75 Å². The summed E-state index contributed by atoms with van der Waals surface area (Å²) in [7, 11) is 0. The van der Waals surface area contributed by atoms with Crippen LogP contribution in [0.15, 0.2) is 29.6 Å². The van der Waals surface area contributed by atoms with Crippen LogP contribution in [0, 0.1) is 6.92 Å². The second kappa shape index (κ2) is 7.22. The Morgan fingerprint density at radius 2 is 2.19 bits per heavy atom. The Hall–Kier alpha value is -1.88. The maximum atomic E-state index is 11.9. The average Bonchev–Trinajstić information content (AvgIpc) is 2.89. The number of carbonyl (C=O) groups excluding carboxylic acids is 1. The fourth-order valence-electron chi connectivity index (χ4n) is 1.95. The molecular weight excluding hydrogens is 284 g/mol. The lowest BCUT2D eigenvalue weighted by Gasteiger charge is -2.15. The van der Waals surface area contributed by atoms with Gasteiger partial charge in [-0.25, -0.2) is 4.98 Å². The van der Waals surface area contributed by atoms with E-state index >= 15 is 0 Å². The Balaban J connectivity index is 1.95. The number of benzene rings is 1. The molecule has 0 aliphatic heterocycles. The predicted octanol–water partition coefficient (Wildman–Crippen LogP) is 3.98. The van der Waals surface area contributed by atoms with E-state index in [2.05, 4.69) is 24.1 Å². The van der Waals surface area contributed by atoms with Gasteiger partial charge in [0.2, 0.25) is 0 Å². The van der Waals surface area contributed by atoms with Crippen molar-refractivity contribution in [2.24, 2.45) is 0 Å². The Kier molecular flexibility index (Phi) is 5.33. The van der Waals surface area contributed by atoms with Gasteiger partial charge in [0.15, 0.2) is 11.7 Å². The van der Waals surface area contributed by atoms with Crippen LogP contribution in [-0.4, -0.2) is 17.5 Å². The largest absolute Gasteiger partial charge is 0.483 e. The van der Waals surface area contributed by atoms with Gasteiger partial charge in [0.1, 0.15) is 5.75 Å². The summed E-state index contributed by atoms with van der Waals surface area (Å²) < 4.78 is 5.67. The molecule has 2 rings (SSSR count). The fourth-order valence-corrected chi connectivity index (χ4v) is 2.65. The molecule has 1 unspecified atom stereocenters. The van der Waals surface area contributed by atoms with Gasteiger partial charge in [0.25, 0.3) is 5.91 Å². The van der Waals surface area contributed by atoms with Crippen LogP contribution in [0.1, 0.15) is 37.4 Å². The van der Waals surface area contributed by atoms with E-state index in [0.29, 0.717) is 11.0 Å². The summed E-state index contributed by atoms with van der Waals surface area (Å²) in [6.07, 6.45) is 1.03. The number of para-hydroxylation sites is 1. The van der Waals surface area contributed by atoms with Crippen LogP contribution in [0.3, 0.4) is 0 Å². The van der Waals surface area contributed by atoms with Crippen molar-refractivity contribution in [3.05, 3.63) is 40.9 Å². The standard InChI is InChI=1S/C16H20N2O2S/c1-4-11(2)13-7-5-6-8-14(13)20-9-15(19)18-16-17-12(3)10-21-16/h5-8,10-11H,4,9H2,1-3H3,(H,17,18,19). The fraction of sp³-hybridized carbons (Fsp3) is 0.375. The summed E-state index contributed by atoms with van der Waals surface area (Å²) in [6.45, 7) is 6.18. The van der Waals surface area contributed by atoms with E-state index in [0.717, 1.165) is 23.4 Å². The number of nitrogens with zero attached hydrogens (tertiary/aromatic N) is 1. The molecule has 1 heterocycles. The molecule has 0 radical (unpaired) electrons. The van der Waals surface area contributed by atoms with Crippen LogP contribution in [0.5, 0.6) is 5.75 Å². The number of rotatable bonds is 6. The Morgan fingerprint density at radius 3 is 2.86 bits per heavy atom. The van der Waals surface area contributed by atoms with Gasteiger partial charge in [0, 0.05) is 5.38 Å². The molecular formula is C16H20N2O2S. The van der Waals surface area contributed by atoms with Gasteiger partial charge in [-0.3, -0.25) is 10.1 Å². The number of thiazole rings is 1. The molecule has 0 bridgehead atoms. The van der Waals surface area contributed by atoms with Crippen molar-refractivity contribution in [2.75, 3.05) is 11.9 Å². The SMILES string of the molecule is CCC(C)c1ccccc1OCC(=O)Nc1nc(C)cs1. The Labute approximate surface area is 129 Å². The first-order valence-corrected chi connectivity index (χ1v) is 7.91. The molecule has 112 valence electrons. The van der Waals surface area contributed by atoms with Crippen molar-refractivity contribution >= 4 is 22.4 Å². The minimum absolute atomic E-state index is 0.00786. The van der Waals surface area contributed by atoms with Gasteiger partial charge >= 0.3 is 0 Å². The normalized spacial score (nSPS) is 12.0. The molecule has 0 spiro atoms. The lowest BCUT2D eigenvalue weighted by atomic mass is 9.98. The summed E-state index contributed by atoms with van der Waals surface area (Å²) >= 11 is 1.41. The van der Waals surface area contributed by atoms with E-state index in [-0.39, 0.29) is 12.5 Å². The topological polar surface area (TPSA) is 51.2 Å². The number of nitrogens with one attached hydrogen (secondary N) is 1. The first-order chi connectivity index (χ1) is 10.1. The highest BCUT2D eigenvalue weighted by molar-refractivity contribution is 7.13. The third-order valence-electron chi connectivity index (χ3n) is 3.29. The minimum atomic E-state index is -0.191. The van der Waals surface area contributed by atoms with Crippen LogP contribution in [0.4, 0.5) is 5.13 Å². The summed E-state index contributed by atoms with van der Waals surface area (Å²) in [6, 6.07) is 7.87. The van der Waals surface area contributed by atoms with Crippen molar-refractivity contribution in [1.29, 1.82) is 0 Å². The smallest absolute Gasteiger partial charge is 0.264 e. The number of hydrogen-bond donors (Lipinski definition) is 1. The number of anilines is 1. The van der Waals surface area contributed by atoms with Gasteiger partial charge in [-0.05, 0) is 30.9 Å². The minimum Gasteiger partial charge on any atom is -0.483 e. The molecule has 4 nitrogen and oxygen atoms in total. The van der Waals surface area contributed by atoms with E-state index in [1.165, 1.54) is 11.3 Å². The number of aryl methyl sites for hydroxylation is 1. The van der Waals surface area contributed by atoms with Crippen LogP contribution in [-0.2, 0) is 4.79 Å². The zero-order chi connectivity index (χ0) is 15.2. The molecule has 0 aliphatic carbocycles. The first kappa shape index (κ1) is 15.5. The Bertz CT molecular complexity index is 610. The molecule has 2 aromatic rings. The molecule has 0 aliphatic rings. The zero-order valence-corrected chi connectivity index (χ0v) is 13.4. The molecule has 21 heavy (non-hydrogen) atoms. The predicted molar refractivity (Wildman–Crippen MR) is 86.1 cm³/mol. The third kappa shape index (κ3) is 4.29. The Morgan fingerprint density at radius 1 is 1.43 bits per heavy atom. The van der Waals surface area contributed by atoms with E-state index in [1.54, 1.807) is 0 Å². The number of ether oxygens (including phenoxy) is 1. The van der Waals surface area contributed by atoms with Gasteiger partial charge in [-0.1, -0.05) is 32.0 Å². The molecule has 0 saturated carbocycles. The number of hydrogen-bond acceptors (Lipinski definition) is 4. The molecule has 5 heteroatoms. The summed E-state index contributed by atoms with van der Waals surface area (Å²) in [5, 5.41) is 5.24. The van der Waals surface area contributed by atoms with Crippen molar-refractivity contribution in [3.63, 3.8) is 0 Å². The summed E-state index contributed by atoms with van der Waals surface area (Å²) in [5.41, 5.74) is 2.04. The van der Waals surface area contributed by atoms with Crippen molar-refractivity contribution in [2.45, 2.75) is 33.1 Å². The van der Waals surface area contributed by atoms with E-state index in [4.69, 9.17) is 4.74 Å². The van der Waals surface area contributed by atoms with Crippen LogP contribution in [0.25, 0.3) is 0 Å². The van der Waals surface area contributed by atoms with Gasteiger partial charge < -0.3 is 4.74 Å². The number of carbonyl (C=O) groups is 1. The van der Waals surface area contributed by atoms with E-state index < -0.39 is 0 Å². The molecule has 1 aromatic heterocycles. The van der Waals surface area contributed by atoms with Gasteiger partial charge in [-0.15, -0.1) is 11.3 Å². The highest BCUT2D eigenvalue weighted by Gasteiger charge is 2.11. The van der Waals surface area contributed by atoms with Crippen molar-refractivity contribution < 1.29 is 9.53 Å². The monoisotopic (exact) mass is 304 g/mol. The van der Waals surface area contributed by atoms with Crippen LogP contribution >= 0.6 is 11.3 Å². The maximum absolute atomic E-state index is 11.9. The lowest BCUT2D eigenvalue weighted by Crippen LogP contribution is -2.20. The second-order valence-corrected chi connectivity index (χ2v) is 5.84. The highest BCUT2D eigenvalue weighted by Crippen LogP contribution is 2.28. The van der Waals surface area contributed by atoms with E-state index in [9.17, 15) is 4.79 Å².